The van der Waals surface area contributed by atoms with E-state index in [2.05, 4.69) is 5.32 Å². The zero-order chi connectivity index (χ0) is 13.2. The van der Waals surface area contributed by atoms with Crippen LogP contribution in [0.4, 0.5) is 0 Å². The predicted molar refractivity (Wildman–Crippen MR) is 79.1 cm³/mol. The molecular weight excluding hydrogens is 234 g/mol. The van der Waals surface area contributed by atoms with Crippen LogP contribution >= 0.6 is 0 Å². The Bertz CT molecular complexity index is 290. The molecule has 110 valence electrons. The Morgan fingerprint density at radius 3 is 2.00 bits per heavy atom. The molecule has 3 aliphatic rings. The van der Waals surface area contributed by atoms with Gasteiger partial charge in [-0.05, 0) is 43.9 Å². The van der Waals surface area contributed by atoms with Gasteiger partial charge in [0, 0.05) is 24.6 Å². The second kappa shape index (κ2) is 5.73. The normalized spacial score (nSPS) is 33.0. The summed E-state index contributed by atoms with van der Waals surface area (Å²) in [6, 6.07) is 0.762. The SMILES string of the molecule is OCC1(CNC2CCC23CCCCC3)CCCCC1. The van der Waals surface area contributed by atoms with Crippen molar-refractivity contribution in [3.8, 4) is 0 Å². The van der Waals surface area contributed by atoms with E-state index < -0.39 is 0 Å². The summed E-state index contributed by atoms with van der Waals surface area (Å²) in [6.45, 7) is 1.45. The fourth-order valence-corrected chi connectivity index (χ4v) is 4.90. The summed E-state index contributed by atoms with van der Waals surface area (Å²) < 4.78 is 0. The Morgan fingerprint density at radius 1 is 0.842 bits per heavy atom. The molecule has 1 unspecified atom stereocenters. The van der Waals surface area contributed by atoms with Gasteiger partial charge in [0.05, 0.1) is 0 Å². The molecule has 3 saturated carbocycles. The number of nitrogens with one attached hydrogen (secondary N) is 1. The van der Waals surface area contributed by atoms with Crippen molar-refractivity contribution >= 4 is 0 Å². The summed E-state index contributed by atoms with van der Waals surface area (Å²) in [7, 11) is 0. The molecular formula is C17H31NO. The van der Waals surface area contributed by atoms with Crippen LogP contribution in [0.3, 0.4) is 0 Å². The van der Waals surface area contributed by atoms with E-state index in [1.54, 1.807) is 0 Å². The molecule has 2 N–H and O–H groups in total. The van der Waals surface area contributed by atoms with Gasteiger partial charge >= 0.3 is 0 Å². The van der Waals surface area contributed by atoms with Crippen LogP contribution in [0.15, 0.2) is 0 Å². The van der Waals surface area contributed by atoms with Gasteiger partial charge in [0.25, 0.3) is 0 Å². The quantitative estimate of drug-likeness (QED) is 0.813. The highest BCUT2D eigenvalue weighted by molar-refractivity contribution is 5.02. The lowest BCUT2D eigenvalue weighted by Gasteiger charge is -2.53. The lowest BCUT2D eigenvalue weighted by Crippen LogP contribution is -2.56. The van der Waals surface area contributed by atoms with E-state index in [0.29, 0.717) is 12.0 Å². The maximum atomic E-state index is 9.81. The highest BCUT2D eigenvalue weighted by atomic mass is 16.3. The molecule has 0 aliphatic heterocycles. The molecule has 0 aromatic carbocycles. The Hall–Kier alpha value is -0.0800. The smallest absolute Gasteiger partial charge is 0.0499 e. The molecule has 2 nitrogen and oxygen atoms in total. The molecule has 3 rings (SSSR count). The molecule has 2 heteroatoms. The first kappa shape index (κ1) is 13.9. The first-order chi connectivity index (χ1) is 9.29. The van der Waals surface area contributed by atoms with Crippen molar-refractivity contribution in [2.75, 3.05) is 13.2 Å². The summed E-state index contributed by atoms with van der Waals surface area (Å²) in [5.74, 6) is 0. The summed E-state index contributed by atoms with van der Waals surface area (Å²) in [6.07, 6.45) is 16.6. The summed E-state index contributed by atoms with van der Waals surface area (Å²) in [5.41, 5.74) is 0.868. The van der Waals surface area contributed by atoms with Gasteiger partial charge in [-0.15, -0.1) is 0 Å². The summed E-state index contributed by atoms with van der Waals surface area (Å²) in [4.78, 5) is 0. The minimum absolute atomic E-state index is 0.212. The van der Waals surface area contributed by atoms with Crippen molar-refractivity contribution in [3.05, 3.63) is 0 Å². The Morgan fingerprint density at radius 2 is 1.47 bits per heavy atom. The second-order valence-corrected chi connectivity index (χ2v) is 7.61. The topological polar surface area (TPSA) is 32.3 Å². The van der Waals surface area contributed by atoms with Gasteiger partial charge in [0.1, 0.15) is 0 Å². The molecule has 19 heavy (non-hydrogen) atoms. The minimum Gasteiger partial charge on any atom is -0.396 e. The van der Waals surface area contributed by atoms with Crippen LogP contribution in [0.2, 0.25) is 0 Å². The van der Waals surface area contributed by atoms with E-state index >= 15 is 0 Å². The van der Waals surface area contributed by atoms with Crippen LogP contribution in [0.25, 0.3) is 0 Å². The van der Waals surface area contributed by atoms with Crippen molar-refractivity contribution in [2.24, 2.45) is 10.8 Å². The standard InChI is InChI=1S/C17H31NO/c19-14-16(8-3-1-4-9-16)13-18-15-7-12-17(15)10-5-2-6-11-17/h15,18-19H,1-14H2. The largest absolute Gasteiger partial charge is 0.396 e. The van der Waals surface area contributed by atoms with Gasteiger partial charge in [0.2, 0.25) is 0 Å². The van der Waals surface area contributed by atoms with Crippen LogP contribution in [0.1, 0.15) is 77.0 Å². The second-order valence-electron chi connectivity index (χ2n) is 7.61. The van der Waals surface area contributed by atoms with E-state index in [9.17, 15) is 5.11 Å². The third kappa shape index (κ3) is 2.71. The number of rotatable bonds is 4. The lowest BCUT2D eigenvalue weighted by atomic mass is 9.57. The molecule has 3 fully saturated rings. The number of aliphatic hydroxyl groups excluding tert-OH is 1. The van der Waals surface area contributed by atoms with Crippen LogP contribution in [-0.2, 0) is 0 Å². The average molecular weight is 265 g/mol. The maximum absolute atomic E-state index is 9.81. The van der Waals surface area contributed by atoms with Crippen molar-refractivity contribution in [3.63, 3.8) is 0 Å². The van der Waals surface area contributed by atoms with E-state index in [4.69, 9.17) is 0 Å². The summed E-state index contributed by atoms with van der Waals surface area (Å²) >= 11 is 0. The molecule has 0 radical (unpaired) electrons. The Balaban J connectivity index is 1.53. The minimum atomic E-state index is 0.212. The predicted octanol–water partition coefficient (Wildman–Crippen LogP) is 3.63. The van der Waals surface area contributed by atoms with Gasteiger partial charge in [-0.2, -0.15) is 0 Å². The maximum Gasteiger partial charge on any atom is 0.0499 e. The van der Waals surface area contributed by atoms with Gasteiger partial charge in [-0.3, -0.25) is 0 Å². The molecule has 0 aromatic rings. The zero-order valence-electron chi connectivity index (χ0n) is 12.4. The molecule has 0 saturated heterocycles. The lowest BCUT2D eigenvalue weighted by molar-refractivity contribution is 0.00430. The van der Waals surface area contributed by atoms with Gasteiger partial charge in [0.15, 0.2) is 0 Å². The van der Waals surface area contributed by atoms with Crippen molar-refractivity contribution in [2.45, 2.75) is 83.1 Å². The van der Waals surface area contributed by atoms with Crippen molar-refractivity contribution in [1.29, 1.82) is 0 Å². The van der Waals surface area contributed by atoms with Crippen LogP contribution in [-0.4, -0.2) is 24.3 Å². The van der Waals surface area contributed by atoms with Gasteiger partial charge in [-0.25, -0.2) is 0 Å². The zero-order valence-corrected chi connectivity index (χ0v) is 12.4. The third-order valence-corrected chi connectivity index (χ3v) is 6.49. The molecule has 0 amide bonds. The van der Waals surface area contributed by atoms with Gasteiger partial charge in [-0.1, -0.05) is 38.5 Å². The summed E-state index contributed by atoms with van der Waals surface area (Å²) in [5, 5.41) is 13.7. The molecule has 1 spiro atoms. The van der Waals surface area contributed by atoms with Crippen LogP contribution in [0, 0.1) is 10.8 Å². The molecule has 1 atom stereocenters. The first-order valence-electron chi connectivity index (χ1n) is 8.63. The van der Waals surface area contributed by atoms with E-state index in [1.807, 2.05) is 0 Å². The highest BCUT2D eigenvalue weighted by Gasteiger charge is 2.47. The Kier molecular flexibility index (Phi) is 4.19. The van der Waals surface area contributed by atoms with Crippen molar-refractivity contribution in [1.82, 2.24) is 5.32 Å². The third-order valence-electron chi connectivity index (χ3n) is 6.49. The highest BCUT2D eigenvalue weighted by Crippen LogP contribution is 2.52. The van der Waals surface area contributed by atoms with E-state index in [0.717, 1.165) is 12.6 Å². The average Bonchev–Trinajstić information content (AvgIpc) is 2.48. The molecule has 0 heterocycles. The fraction of sp³-hybridized carbons (Fsp3) is 1.00. The molecule has 0 aromatic heterocycles. The van der Waals surface area contributed by atoms with Gasteiger partial charge < -0.3 is 10.4 Å². The van der Waals surface area contributed by atoms with E-state index in [-0.39, 0.29) is 5.41 Å². The number of aliphatic hydroxyl groups is 1. The van der Waals surface area contributed by atoms with E-state index in [1.165, 1.54) is 77.0 Å². The van der Waals surface area contributed by atoms with Crippen LogP contribution in [0.5, 0.6) is 0 Å². The number of hydrogen-bond donors (Lipinski definition) is 2. The monoisotopic (exact) mass is 265 g/mol. The first-order valence-corrected chi connectivity index (χ1v) is 8.63. The number of hydrogen-bond acceptors (Lipinski definition) is 2. The van der Waals surface area contributed by atoms with Crippen molar-refractivity contribution < 1.29 is 5.11 Å². The Labute approximate surface area is 118 Å². The fourth-order valence-electron chi connectivity index (χ4n) is 4.90. The van der Waals surface area contributed by atoms with Crippen LogP contribution < -0.4 is 5.32 Å². The molecule has 3 aliphatic carbocycles. The molecule has 0 bridgehead atoms.